The molecule has 2 aromatic rings. The number of likely N-dealkylation sites (tertiary alicyclic amines) is 1. The summed E-state index contributed by atoms with van der Waals surface area (Å²) in [7, 11) is 4.13. The van der Waals surface area contributed by atoms with Crippen molar-refractivity contribution in [3.8, 4) is 23.0 Å². The Morgan fingerprint density at radius 2 is 1.71 bits per heavy atom. The van der Waals surface area contributed by atoms with Crippen LogP contribution < -0.4 is 14.2 Å². The Morgan fingerprint density at radius 3 is 2.29 bits per heavy atom. The molecule has 0 aliphatic carbocycles. The molecule has 1 fully saturated rings. The molecule has 1 aliphatic heterocycles. The van der Waals surface area contributed by atoms with Crippen LogP contribution in [-0.2, 0) is 9.59 Å². The van der Waals surface area contributed by atoms with E-state index in [2.05, 4.69) is 0 Å². The van der Waals surface area contributed by atoms with Crippen LogP contribution in [-0.4, -0.2) is 54.7 Å². The number of methoxy groups -OCH3 is 3. The average molecular weight is 524 g/mol. The quantitative estimate of drug-likeness (QED) is 0.198. The number of halogens is 2. The Kier molecular flexibility index (Phi) is 8.40. The number of aliphatic hydroxyl groups is 1. The number of nitrogens with zero attached hydrogens (tertiary/aromatic N) is 1. The zero-order chi connectivity index (χ0) is 25.9. The van der Waals surface area contributed by atoms with Gasteiger partial charge in [-0.2, -0.15) is 0 Å². The van der Waals surface area contributed by atoms with Crippen LogP contribution in [0.15, 0.2) is 29.8 Å². The molecule has 2 N–H and O–H groups in total. The van der Waals surface area contributed by atoms with Gasteiger partial charge in [-0.1, -0.05) is 49.0 Å². The van der Waals surface area contributed by atoms with Gasteiger partial charge in [0.25, 0.3) is 11.7 Å². The maximum Gasteiger partial charge on any atom is 0.295 e. The van der Waals surface area contributed by atoms with E-state index < -0.39 is 23.5 Å². The number of ketones is 1. The van der Waals surface area contributed by atoms with Crippen LogP contribution in [0.1, 0.15) is 43.4 Å². The summed E-state index contributed by atoms with van der Waals surface area (Å²) in [6.45, 7) is 2.31. The van der Waals surface area contributed by atoms with Gasteiger partial charge >= 0.3 is 0 Å². The van der Waals surface area contributed by atoms with Gasteiger partial charge in [-0.3, -0.25) is 9.59 Å². The van der Waals surface area contributed by atoms with Crippen LogP contribution in [0.5, 0.6) is 23.0 Å². The van der Waals surface area contributed by atoms with Crippen molar-refractivity contribution >= 4 is 40.7 Å². The highest BCUT2D eigenvalue weighted by Crippen LogP contribution is 2.47. The number of aliphatic hydroxyl groups excluding tert-OH is 1. The summed E-state index contributed by atoms with van der Waals surface area (Å²) in [6, 6.07) is 4.95. The van der Waals surface area contributed by atoms with E-state index in [0.717, 1.165) is 12.8 Å². The molecule has 35 heavy (non-hydrogen) atoms. The monoisotopic (exact) mass is 523 g/mol. The van der Waals surface area contributed by atoms with Crippen molar-refractivity contribution in [1.82, 2.24) is 4.90 Å². The fraction of sp³-hybridized carbons (Fsp3) is 0.360. The largest absolute Gasteiger partial charge is 0.507 e. The standard InChI is InChI=1S/C25H27Cl2NO7/c1-5-6-7-10-28-20(13-8-9-17(33-2)16(29)11-13)18(22(31)25(28)32)21(30)14-12-15(26)24(35-4)19(27)23(14)34-3/h8-9,11-12,20,29-30H,5-7,10H2,1-4H3/b21-18+. The Labute approximate surface area is 213 Å². The minimum atomic E-state index is -0.965. The molecule has 188 valence electrons. The maximum atomic E-state index is 13.2. The topological polar surface area (TPSA) is 106 Å². The molecule has 0 saturated carbocycles. The van der Waals surface area contributed by atoms with Gasteiger partial charge in [-0.25, -0.2) is 0 Å². The zero-order valence-electron chi connectivity index (χ0n) is 19.9. The van der Waals surface area contributed by atoms with Crippen LogP contribution in [0.25, 0.3) is 5.76 Å². The third-order valence-corrected chi connectivity index (χ3v) is 6.48. The number of benzene rings is 2. The molecule has 2 aromatic carbocycles. The number of carbonyl (C=O) groups excluding carboxylic acids is 2. The number of hydrogen-bond donors (Lipinski definition) is 2. The van der Waals surface area contributed by atoms with E-state index in [9.17, 15) is 19.8 Å². The molecular weight excluding hydrogens is 497 g/mol. The predicted molar refractivity (Wildman–Crippen MR) is 133 cm³/mol. The number of carbonyl (C=O) groups is 2. The van der Waals surface area contributed by atoms with Crippen molar-refractivity contribution in [3.63, 3.8) is 0 Å². The summed E-state index contributed by atoms with van der Waals surface area (Å²) >= 11 is 12.7. The van der Waals surface area contributed by atoms with Crippen LogP contribution in [0.2, 0.25) is 10.0 Å². The highest BCUT2D eigenvalue weighted by atomic mass is 35.5. The van der Waals surface area contributed by atoms with Crippen molar-refractivity contribution in [2.24, 2.45) is 0 Å². The summed E-state index contributed by atoms with van der Waals surface area (Å²) in [4.78, 5) is 27.7. The number of amides is 1. The number of unbranched alkanes of at least 4 members (excludes halogenated alkanes) is 2. The molecule has 10 heteroatoms. The molecule has 1 heterocycles. The number of Topliss-reactive ketones (excluding diaryl/α,β-unsaturated/α-hetero) is 1. The van der Waals surface area contributed by atoms with E-state index in [1.165, 1.54) is 44.4 Å². The van der Waals surface area contributed by atoms with E-state index in [4.69, 9.17) is 37.4 Å². The lowest BCUT2D eigenvalue weighted by Gasteiger charge is -2.26. The third kappa shape index (κ3) is 4.86. The average Bonchev–Trinajstić information content (AvgIpc) is 3.08. The molecule has 1 amide bonds. The fourth-order valence-electron chi connectivity index (χ4n) is 4.16. The van der Waals surface area contributed by atoms with Gasteiger partial charge in [-0.15, -0.1) is 0 Å². The number of hydrogen-bond acceptors (Lipinski definition) is 7. The van der Waals surface area contributed by atoms with Gasteiger partial charge in [-0.05, 0) is 30.2 Å². The molecule has 0 radical (unpaired) electrons. The normalized spacial score (nSPS) is 17.1. The van der Waals surface area contributed by atoms with Crippen LogP contribution in [0.3, 0.4) is 0 Å². The van der Waals surface area contributed by atoms with Gasteiger partial charge in [0.2, 0.25) is 0 Å². The molecule has 0 spiro atoms. The van der Waals surface area contributed by atoms with Gasteiger partial charge < -0.3 is 29.3 Å². The van der Waals surface area contributed by atoms with E-state index in [1.807, 2.05) is 6.92 Å². The summed E-state index contributed by atoms with van der Waals surface area (Å²) in [6.07, 6.45) is 2.42. The van der Waals surface area contributed by atoms with Crippen LogP contribution in [0.4, 0.5) is 0 Å². The molecule has 0 aromatic heterocycles. The summed E-state index contributed by atoms with van der Waals surface area (Å²) in [5, 5.41) is 21.8. The van der Waals surface area contributed by atoms with Crippen LogP contribution >= 0.6 is 23.2 Å². The molecule has 1 aliphatic rings. The Hall–Kier alpha value is -3.10. The first-order chi connectivity index (χ1) is 16.7. The SMILES string of the molecule is CCCCCN1C(=O)C(=O)/C(=C(/O)c2cc(Cl)c(OC)c(Cl)c2OC)C1c1ccc(OC)c(O)c1. The lowest BCUT2D eigenvalue weighted by Crippen LogP contribution is -2.30. The highest BCUT2D eigenvalue weighted by Gasteiger charge is 2.46. The molecule has 0 bridgehead atoms. The first-order valence-corrected chi connectivity index (χ1v) is 11.7. The van der Waals surface area contributed by atoms with E-state index >= 15 is 0 Å². The summed E-state index contributed by atoms with van der Waals surface area (Å²) in [5.74, 6) is -1.91. The van der Waals surface area contributed by atoms with E-state index in [0.29, 0.717) is 12.0 Å². The van der Waals surface area contributed by atoms with Crippen molar-refractivity contribution in [3.05, 3.63) is 51.0 Å². The number of phenols is 1. The van der Waals surface area contributed by atoms with E-state index in [1.54, 1.807) is 6.07 Å². The molecule has 3 rings (SSSR count). The minimum Gasteiger partial charge on any atom is -0.507 e. The number of ether oxygens (including phenoxy) is 3. The lowest BCUT2D eigenvalue weighted by atomic mass is 9.94. The summed E-state index contributed by atoms with van der Waals surface area (Å²) < 4.78 is 15.7. The van der Waals surface area contributed by atoms with Gasteiger partial charge in [0.15, 0.2) is 23.0 Å². The molecule has 1 atom stereocenters. The number of rotatable bonds is 9. The first-order valence-electron chi connectivity index (χ1n) is 11.0. The summed E-state index contributed by atoms with van der Waals surface area (Å²) in [5.41, 5.74) is 0.273. The second kappa shape index (κ2) is 11.1. The van der Waals surface area contributed by atoms with Gasteiger partial charge in [0.1, 0.15) is 10.8 Å². The maximum absolute atomic E-state index is 13.2. The minimum absolute atomic E-state index is 0.000124. The Balaban J connectivity index is 2.27. The molecule has 1 saturated heterocycles. The molecule has 1 unspecified atom stereocenters. The van der Waals surface area contributed by atoms with Crippen molar-refractivity contribution in [1.29, 1.82) is 0 Å². The van der Waals surface area contributed by atoms with Gasteiger partial charge in [0, 0.05) is 6.54 Å². The second-order valence-electron chi connectivity index (χ2n) is 7.92. The first kappa shape index (κ1) is 26.5. The number of phenolic OH excluding ortho intramolecular Hbond substituents is 1. The van der Waals surface area contributed by atoms with E-state index in [-0.39, 0.29) is 50.7 Å². The Morgan fingerprint density at radius 1 is 1.03 bits per heavy atom. The molecule has 8 nitrogen and oxygen atoms in total. The third-order valence-electron chi connectivity index (χ3n) is 5.86. The molecular formula is C25H27Cl2NO7. The van der Waals surface area contributed by atoms with Gasteiger partial charge in [0.05, 0.1) is 43.5 Å². The predicted octanol–water partition coefficient (Wildman–Crippen LogP) is 5.34. The number of aromatic hydroxyl groups is 1. The lowest BCUT2D eigenvalue weighted by molar-refractivity contribution is -0.139. The van der Waals surface area contributed by atoms with Crippen molar-refractivity contribution in [2.75, 3.05) is 27.9 Å². The Bertz CT molecular complexity index is 1180. The van der Waals surface area contributed by atoms with Crippen molar-refractivity contribution in [2.45, 2.75) is 32.2 Å². The fourth-order valence-corrected chi connectivity index (χ4v) is 4.85. The zero-order valence-corrected chi connectivity index (χ0v) is 21.4. The van der Waals surface area contributed by atoms with Crippen LogP contribution in [0, 0.1) is 0 Å². The smallest absolute Gasteiger partial charge is 0.295 e. The highest BCUT2D eigenvalue weighted by molar-refractivity contribution is 6.47. The second-order valence-corrected chi connectivity index (χ2v) is 8.70. The van der Waals surface area contributed by atoms with Crippen molar-refractivity contribution < 1.29 is 34.0 Å².